The van der Waals surface area contributed by atoms with E-state index in [0.717, 1.165) is 38.0 Å². The van der Waals surface area contributed by atoms with Gasteiger partial charge in [0.25, 0.3) is 0 Å². The van der Waals surface area contributed by atoms with Crippen molar-refractivity contribution in [3.63, 3.8) is 0 Å². The fourth-order valence-electron chi connectivity index (χ4n) is 2.93. The van der Waals surface area contributed by atoms with Gasteiger partial charge in [-0.1, -0.05) is 27.7 Å². The van der Waals surface area contributed by atoms with E-state index in [2.05, 4.69) is 48.5 Å². The van der Waals surface area contributed by atoms with Crippen LogP contribution in [0.2, 0.25) is 0 Å². The molecule has 8 heteroatoms. The van der Waals surface area contributed by atoms with Crippen LogP contribution in [0.15, 0.2) is 12.1 Å². The van der Waals surface area contributed by atoms with Gasteiger partial charge in [0.05, 0.1) is 38.4 Å². The lowest BCUT2D eigenvalue weighted by Crippen LogP contribution is -3.00. The lowest BCUT2D eigenvalue weighted by molar-refractivity contribution is -0.690. The molecule has 166 valence electrons. The van der Waals surface area contributed by atoms with E-state index < -0.39 is 0 Å². The molecule has 1 heterocycles. The van der Waals surface area contributed by atoms with Gasteiger partial charge in [-0.2, -0.15) is 0 Å². The summed E-state index contributed by atoms with van der Waals surface area (Å²) in [6.07, 6.45) is 6.92. The second-order valence-corrected chi connectivity index (χ2v) is 6.82. The normalized spacial score (nSPS) is 10.5. The van der Waals surface area contributed by atoms with Gasteiger partial charge in [-0.3, -0.25) is 0 Å². The Hall–Kier alpha value is 0.0600. The molecule has 0 aliphatic heterocycles. The maximum atomic E-state index is 5.65. The van der Waals surface area contributed by atoms with Crippen molar-refractivity contribution in [2.45, 2.75) is 78.3 Å². The summed E-state index contributed by atoms with van der Waals surface area (Å²) in [5, 5.41) is 13.0. The van der Waals surface area contributed by atoms with E-state index in [-0.39, 0.29) is 48.0 Å². The Balaban J connectivity index is 0. The molecule has 0 saturated heterocycles. The van der Waals surface area contributed by atoms with Gasteiger partial charge in [0.15, 0.2) is 0 Å². The molecule has 4 N–H and O–H groups in total. The highest BCUT2D eigenvalue weighted by atomic mass is 127. The zero-order valence-corrected chi connectivity index (χ0v) is 22.3. The van der Waals surface area contributed by atoms with Crippen LogP contribution in [0, 0.1) is 0 Å². The van der Waals surface area contributed by atoms with Crippen LogP contribution < -0.4 is 68.1 Å². The Morgan fingerprint density at radius 2 is 1.07 bits per heavy atom. The van der Waals surface area contributed by atoms with Crippen molar-refractivity contribution in [1.29, 1.82) is 0 Å². The molecule has 28 heavy (non-hydrogen) atoms. The first-order valence-electron chi connectivity index (χ1n) is 10.5. The summed E-state index contributed by atoms with van der Waals surface area (Å²) < 4.78 is 11.3. The van der Waals surface area contributed by atoms with Crippen molar-refractivity contribution in [3.8, 4) is 11.8 Å². The third-order valence-corrected chi connectivity index (χ3v) is 4.91. The molecule has 0 spiro atoms. The average Bonchev–Trinajstić information content (AvgIpc) is 2.68. The predicted octanol–water partition coefficient (Wildman–Crippen LogP) is -4.47. The average molecular weight is 622 g/mol. The highest BCUT2D eigenvalue weighted by Crippen LogP contribution is 2.10. The van der Waals surface area contributed by atoms with Crippen molar-refractivity contribution in [1.82, 2.24) is 10.2 Å². The summed E-state index contributed by atoms with van der Waals surface area (Å²) in [6.45, 7) is 12.5. The molecule has 0 unspecified atom stereocenters. The van der Waals surface area contributed by atoms with E-state index in [1.165, 1.54) is 25.7 Å². The molecule has 1 aromatic rings. The number of nitrogens with zero attached hydrogens (tertiary/aromatic N) is 2. The van der Waals surface area contributed by atoms with Gasteiger partial charge in [-0.05, 0) is 25.7 Å². The molecular formula is C20H40I2N4O2. The molecule has 0 fully saturated rings. The van der Waals surface area contributed by atoms with Crippen LogP contribution >= 0.6 is 0 Å². The van der Waals surface area contributed by atoms with Crippen LogP contribution in [0.4, 0.5) is 0 Å². The van der Waals surface area contributed by atoms with Crippen molar-refractivity contribution >= 4 is 0 Å². The molecule has 6 nitrogen and oxygen atoms in total. The lowest BCUT2D eigenvalue weighted by Gasteiger charge is -2.11. The second-order valence-electron chi connectivity index (χ2n) is 6.82. The molecule has 1 aromatic heterocycles. The highest BCUT2D eigenvalue weighted by Gasteiger charge is 2.06. The maximum absolute atomic E-state index is 5.65. The Bertz CT molecular complexity index is 403. The summed E-state index contributed by atoms with van der Waals surface area (Å²) in [5.41, 5.74) is 0. The number of ether oxygens (including phenoxy) is 2. The van der Waals surface area contributed by atoms with Crippen molar-refractivity contribution in [2.24, 2.45) is 0 Å². The molecule has 0 aliphatic rings. The van der Waals surface area contributed by atoms with Crippen LogP contribution in [0.5, 0.6) is 11.8 Å². The zero-order valence-electron chi connectivity index (χ0n) is 18.0. The largest absolute Gasteiger partial charge is 1.00 e. The van der Waals surface area contributed by atoms with Gasteiger partial charge in [-0.25, -0.2) is 0 Å². The van der Waals surface area contributed by atoms with Gasteiger partial charge in [-0.15, -0.1) is 10.2 Å². The SMILES string of the molecule is CCC(CC)[NH2+]CCCOc1ccc(OCCC[NH2+]C(CC)CC)nn1.[I-].[I-]. The number of quaternary nitrogens is 2. The molecule has 0 bridgehead atoms. The number of hydrogen-bond acceptors (Lipinski definition) is 4. The topological polar surface area (TPSA) is 77.5 Å². The third kappa shape index (κ3) is 14.1. The second kappa shape index (κ2) is 20.3. The number of rotatable bonds is 16. The quantitative estimate of drug-likeness (QED) is 0.144. The third-order valence-electron chi connectivity index (χ3n) is 4.91. The molecular weight excluding hydrogens is 582 g/mol. The number of halogens is 2. The Morgan fingerprint density at radius 3 is 1.36 bits per heavy atom. The number of hydrogen-bond donors (Lipinski definition) is 2. The Kier molecular flexibility index (Phi) is 22.0. The fourth-order valence-corrected chi connectivity index (χ4v) is 2.93. The molecule has 0 aromatic carbocycles. The van der Waals surface area contributed by atoms with Gasteiger partial charge in [0.1, 0.15) is 0 Å². The van der Waals surface area contributed by atoms with Crippen LogP contribution in [-0.2, 0) is 0 Å². The first kappa shape index (κ1) is 30.3. The summed E-state index contributed by atoms with van der Waals surface area (Å²) >= 11 is 0. The van der Waals surface area contributed by atoms with E-state index in [1.54, 1.807) is 0 Å². The maximum Gasteiger partial charge on any atom is 0.233 e. The monoisotopic (exact) mass is 622 g/mol. The summed E-state index contributed by atoms with van der Waals surface area (Å²) in [6, 6.07) is 5.14. The van der Waals surface area contributed by atoms with E-state index in [9.17, 15) is 0 Å². The van der Waals surface area contributed by atoms with Gasteiger partial charge in [0, 0.05) is 25.0 Å². The van der Waals surface area contributed by atoms with Crippen molar-refractivity contribution in [2.75, 3.05) is 26.3 Å². The first-order valence-corrected chi connectivity index (χ1v) is 10.5. The molecule has 0 amide bonds. The molecule has 0 atom stereocenters. The van der Waals surface area contributed by atoms with Gasteiger partial charge >= 0.3 is 0 Å². The van der Waals surface area contributed by atoms with Crippen molar-refractivity contribution < 1.29 is 68.1 Å². The van der Waals surface area contributed by atoms with E-state index >= 15 is 0 Å². The molecule has 0 saturated carbocycles. The summed E-state index contributed by atoms with van der Waals surface area (Å²) in [5.74, 6) is 1.14. The number of aromatic nitrogens is 2. The minimum Gasteiger partial charge on any atom is -1.00 e. The van der Waals surface area contributed by atoms with Crippen molar-refractivity contribution in [3.05, 3.63) is 12.1 Å². The predicted molar refractivity (Wildman–Crippen MR) is 105 cm³/mol. The Labute approximate surface area is 205 Å². The zero-order chi connectivity index (χ0) is 19.0. The van der Waals surface area contributed by atoms with E-state index in [0.29, 0.717) is 25.0 Å². The van der Waals surface area contributed by atoms with Crippen LogP contribution in [-0.4, -0.2) is 48.6 Å². The van der Waals surface area contributed by atoms with Gasteiger partial charge < -0.3 is 68.1 Å². The summed E-state index contributed by atoms with van der Waals surface area (Å²) in [4.78, 5) is 0. The standard InChI is InChI=1S/C20H38N4O2.2HI/c1-5-17(6-2)21-13-9-15-25-19-11-12-20(24-23-19)26-16-10-14-22-18(7-3)8-4;;/h11-12,17-18,21-22H,5-10,13-16H2,1-4H3;2*1H. The van der Waals surface area contributed by atoms with Crippen LogP contribution in [0.3, 0.4) is 0 Å². The minimum absolute atomic E-state index is 0. The first-order chi connectivity index (χ1) is 12.7. The highest BCUT2D eigenvalue weighted by molar-refractivity contribution is 5.15. The number of nitrogens with two attached hydrogens (primary N) is 2. The minimum atomic E-state index is 0. The molecule has 0 aliphatic carbocycles. The molecule has 1 rings (SSSR count). The molecule has 0 radical (unpaired) electrons. The van der Waals surface area contributed by atoms with Crippen LogP contribution in [0.25, 0.3) is 0 Å². The van der Waals surface area contributed by atoms with E-state index in [1.807, 2.05) is 12.1 Å². The fraction of sp³-hybridized carbons (Fsp3) is 0.800. The smallest absolute Gasteiger partial charge is 0.233 e. The lowest BCUT2D eigenvalue weighted by atomic mass is 10.2. The Morgan fingerprint density at radius 1 is 0.714 bits per heavy atom. The van der Waals surface area contributed by atoms with E-state index in [4.69, 9.17) is 9.47 Å². The van der Waals surface area contributed by atoms with Crippen LogP contribution in [0.1, 0.15) is 66.2 Å². The van der Waals surface area contributed by atoms with Gasteiger partial charge in [0.2, 0.25) is 11.8 Å². The summed E-state index contributed by atoms with van der Waals surface area (Å²) in [7, 11) is 0.